The zero-order valence-corrected chi connectivity index (χ0v) is 14.9. The fourth-order valence-corrected chi connectivity index (χ4v) is 5.04. The fourth-order valence-electron chi connectivity index (χ4n) is 1.47. The van der Waals surface area contributed by atoms with Crippen molar-refractivity contribution in [2.24, 2.45) is 0 Å². The predicted octanol–water partition coefficient (Wildman–Crippen LogP) is 3.61. The lowest BCUT2D eigenvalue weighted by atomic mass is 10.2. The Kier molecular flexibility index (Phi) is 5.81. The molecule has 0 atom stereocenters. The van der Waals surface area contributed by atoms with Gasteiger partial charge < -0.3 is 10.4 Å². The molecule has 104 valence electrons. The smallest absolute Gasteiger partial charge is 0.253 e. The first kappa shape index (κ1) is 15.7. The van der Waals surface area contributed by atoms with Crippen LogP contribution in [0.4, 0.5) is 0 Å². The van der Waals surface area contributed by atoms with Crippen LogP contribution in [0.15, 0.2) is 25.1 Å². The first-order chi connectivity index (χ1) is 9.61. The standard InChI is InChI=1S/C13H9Br2NO2S2/c14-11-6-9(12(15)20-11)13(18)16-7-10-8(2-1-4-17)3-5-19-10/h3,5-6,17H,4,7H2,(H,16,18). The lowest BCUT2D eigenvalue weighted by Gasteiger charge is -2.03. The van der Waals surface area contributed by atoms with Gasteiger partial charge >= 0.3 is 0 Å². The summed E-state index contributed by atoms with van der Waals surface area (Å²) in [5, 5.41) is 13.5. The highest BCUT2D eigenvalue weighted by atomic mass is 79.9. The van der Waals surface area contributed by atoms with E-state index in [4.69, 9.17) is 5.11 Å². The summed E-state index contributed by atoms with van der Waals surface area (Å²) < 4.78 is 1.70. The molecule has 3 nitrogen and oxygen atoms in total. The number of rotatable bonds is 3. The highest BCUT2D eigenvalue weighted by molar-refractivity contribution is 9.12. The van der Waals surface area contributed by atoms with E-state index in [1.54, 1.807) is 6.07 Å². The number of hydrogen-bond donors (Lipinski definition) is 2. The average molecular weight is 435 g/mol. The van der Waals surface area contributed by atoms with Crippen LogP contribution in [0.5, 0.6) is 0 Å². The summed E-state index contributed by atoms with van der Waals surface area (Å²) in [5.74, 6) is 5.35. The fraction of sp³-hybridized carbons (Fsp3) is 0.154. The minimum absolute atomic E-state index is 0.131. The number of nitrogens with one attached hydrogen (secondary N) is 1. The Morgan fingerprint density at radius 2 is 2.25 bits per heavy atom. The van der Waals surface area contributed by atoms with Crippen LogP contribution in [-0.2, 0) is 6.54 Å². The summed E-state index contributed by atoms with van der Waals surface area (Å²) in [7, 11) is 0. The van der Waals surface area contributed by atoms with Crippen LogP contribution in [0.1, 0.15) is 20.8 Å². The third-order valence-corrected chi connectivity index (χ3v) is 5.62. The maximum absolute atomic E-state index is 12.1. The zero-order valence-electron chi connectivity index (χ0n) is 10.1. The maximum Gasteiger partial charge on any atom is 0.253 e. The van der Waals surface area contributed by atoms with Gasteiger partial charge in [-0.2, -0.15) is 0 Å². The van der Waals surface area contributed by atoms with Gasteiger partial charge in [-0.1, -0.05) is 11.8 Å². The lowest BCUT2D eigenvalue weighted by molar-refractivity contribution is 0.0951. The van der Waals surface area contributed by atoms with Crippen molar-refractivity contribution < 1.29 is 9.90 Å². The van der Waals surface area contributed by atoms with E-state index in [1.165, 1.54) is 22.7 Å². The molecule has 0 unspecified atom stereocenters. The SMILES string of the molecule is O=C(NCc1sccc1C#CCO)c1cc(Br)sc1Br. The van der Waals surface area contributed by atoms with Crippen molar-refractivity contribution in [2.45, 2.75) is 6.54 Å². The number of thiophene rings is 2. The Bertz CT molecular complexity index is 682. The van der Waals surface area contributed by atoms with Crippen LogP contribution in [0, 0.1) is 11.8 Å². The normalized spacial score (nSPS) is 9.95. The molecule has 0 radical (unpaired) electrons. The highest BCUT2D eigenvalue weighted by Crippen LogP contribution is 2.31. The number of amides is 1. The topological polar surface area (TPSA) is 49.3 Å². The van der Waals surface area contributed by atoms with Crippen molar-refractivity contribution >= 4 is 60.4 Å². The molecule has 2 heterocycles. The summed E-state index contributed by atoms with van der Waals surface area (Å²) in [6.07, 6.45) is 0. The van der Waals surface area contributed by atoms with Gasteiger partial charge in [0.2, 0.25) is 0 Å². The largest absolute Gasteiger partial charge is 0.384 e. The van der Waals surface area contributed by atoms with Crippen molar-refractivity contribution in [3.63, 3.8) is 0 Å². The molecule has 0 bridgehead atoms. The van der Waals surface area contributed by atoms with Crippen LogP contribution < -0.4 is 5.32 Å². The van der Waals surface area contributed by atoms with Crippen molar-refractivity contribution in [3.8, 4) is 11.8 Å². The van der Waals surface area contributed by atoms with Crippen LogP contribution in [0.25, 0.3) is 0 Å². The van der Waals surface area contributed by atoms with Crippen molar-refractivity contribution in [1.82, 2.24) is 5.32 Å². The Labute approximate surface area is 141 Å². The average Bonchev–Trinajstić information content (AvgIpc) is 2.99. The number of halogens is 2. The van der Waals surface area contributed by atoms with E-state index >= 15 is 0 Å². The summed E-state index contributed by atoms with van der Waals surface area (Å²) >= 11 is 9.70. The van der Waals surface area contributed by atoms with Gasteiger partial charge in [-0.3, -0.25) is 4.79 Å². The molecule has 0 fully saturated rings. The molecule has 2 aromatic rings. The van der Waals surface area contributed by atoms with Gasteiger partial charge in [-0.15, -0.1) is 22.7 Å². The maximum atomic E-state index is 12.1. The monoisotopic (exact) mass is 433 g/mol. The molecule has 2 rings (SSSR count). The van der Waals surface area contributed by atoms with E-state index in [0.717, 1.165) is 18.0 Å². The molecule has 0 spiro atoms. The molecule has 0 aromatic carbocycles. The van der Waals surface area contributed by atoms with Crippen LogP contribution >= 0.6 is 54.5 Å². The number of carbonyl (C=O) groups is 1. The quantitative estimate of drug-likeness (QED) is 0.725. The van der Waals surface area contributed by atoms with E-state index in [1.807, 2.05) is 11.4 Å². The number of aliphatic hydroxyl groups is 1. The molecule has 0 aliphatic heterocycles. The second-order valence-electron chi connectivity index (χ2n) is 3.64. The Morgan fingerprint density at radius 1 is 1.45 bits per heavy atom. The van der Waals surface area contributed by atoms with Crippen LogP contribution in [-0.4, -0.2) is 17.6 Å². The predicted molar refractivity (Wildman–Crippen MR) is 89.2 cm³/mol. The molecule has 20 heavy (non-hydrogen) atoms. The van der Waals surface area contributed by atoms with Gasteiger partial charge in [-0.25, -0.2) is 0 Å². The lowest BCUT2D eigenvalue weighted by Crippen LogP contribution is -2.22. The third-order valence-electron chi connectivity index (χ3n) is 2.36. The highest BCUT2D eigenvalue weighted by Gasteiger charge is 2.14. The first-order valence-corrected chi connectivity index (χ1v) is 8.79. The van der Waals surface area contributed by atoms with E-state index in [0.29, 0.717) is 12.1 Å². The molecule has 1 amide bonds. The van der Waals surface area contributed by atoms with Gasteiger partial charge in [0, 0.05) is 10.4 Å². The number of hydrogen-bond acceptors (Lipinski definition) is 4. The van der Waals surface area contributed by atoms with Gasteiger partial charge in [0.25, 0.3) is 5.91 Å². The zero-order chi connectivity index (χ0) is 14.5. The van der Waals surface area contributed by atoms with E-state index in [9.17, 15) is 4.79 Å². The Morgan fingerprint density at radius 3 is 2.90 bits per heavy atom. The minimum atomic E-state index is -0.169. The van der Waals surface area contributed by atoms with Crippen LogP contribution in [0.3, 0.4) is 0 Å². The van der Waals surface area contributed by atoms with Crippen molar-refractivity contribution in [2.75, 3.05) is 6.61 Å². The van der Waals surface area contributed by atoms with Gasteiger partial charge in [0.1, 0.15) is 6.61 Å². The summed E-state index contributed by atoms with van der Waals surface area (Å²) in [5.41, 5.74) is 1.45. The van der Waals surface area contributed by atoms with E-state index < -0.39 is 0 Å². The van der Waals surface area contributed by atoms with Crippen LogP contribution in [0.2, 0.25) is 0 Å². The Balaban J connectivity index is 2.04. The van der Waals surface area contributed by atoms with E-state index in [-0.39, 0.29) is 12.5 Å². The third kappa shape index (κ3) is 3.93. The number of aliphatic hydroxyl groups excluding tert-OH is 1. The van der Waals surface area contributed by atoms with Gasteiger partial charge in [0.05, 0.1) is 19.7 Å². The molecule has 0 aliphatic rings. The van der Waals surface area contributed by atoms with E-state index in [2.05, 4.69) is 49.0 Å². The second-order valence-corrected chi connectivity index (χ2v) is 8.39. The molecule has 0 saturated carbocycles. The summed E-state index contributed by atoms with van der Waals surface area (Å²) in [6.45, 7) is 0.253. The Hall–Kier alpha value is -0.650. The minimum Gasteiger partial charge on any atom is -0.384 e. The van der Waals surface area contributed by atoms with Gasteiger partial charge in [-0.05, 0) is 49.4 Å². The molecular formula is C13H9Br2NO2S2. The second kappa shape index (κ2) is 7.38. The van der Waals surface area contributed by atoms with Crippen molar-refractivity contribution in [1.29, 1.82) is 0 Å². The van der Waals surface area contributed by atoms with Gasteiger partial charge in [0.15, 0.2) is 0 Å². The molecule has 7 heteroatoms. The molecule has 2 aromatic heterocycles. The summed E-state index contributed by atoms with van der Waals surface area (Å²) in [4.78, 5) is 13.0. The molecular weight excluding hydrogens is 426 g/mol. The summed E-state index contributed by atoms with van der Waals surface area (Å²) in [6, 6.07) is 3.66. The molecule has 0 aliphatic carbocycles. The molecule has 0 saturated heterocycles. The number of carbonyl (C=O) groups excluding carboxylic acids is 1. The molecule has 2 N–H and O–H groups in total. The first-order valence-electron chi connectivity index (χ1n) is 5.51. The van der Waals surface area contributed by atoms with Crippen molar-refractivity contribution in [3.05, 3.63) is 41.1 Å².